The number of unbranched alkanes of at least 4 members (excludes halogenated alkanes) is 1. The molecule has 0 radical (unpaired) electrons. The van der Waals surface area contributed by atoms with E-state index in [1.807, 2.05) is 0 Å². The highest BCUT2D eigenvalue weighted by Gasteiger charge is 2.10. The second-order valence-corrected chi connectivity index (χ2v) is 5.47. The number of rotatable bonds is 8. The van der Waals surface area contributed by atoms with Crippen LogP contribution in [0, 0.1) is 5.41 Å². The Kier molecular flexibility index (Phi) is 6.80. The summed E-state index contributed by atoms with van der Waals surface area (Å²) in [6, 6.07) is 0. The first-order valence-electron chi connectivity index (χ1n) is 5.83. The highest BCUT2D eigenvalue weighted by atomic mass is 16.4. The van der Waals surface area contributed by atoms with Crippen molar-refractivity contribution in [3.05, 3.63) is 0 Å². The average Bonchev–Trinajstić information content (AvgIpc) is 2.08. The van der Waals surface area contributed by atoms with Crippen LogP contribution < -0.4 is 10.2 Å². The van der Waals surface area contributed by atoms with Gasteiger partial charge in [0.1, 0.15) is 0 Å². The summed E-state index contributed by atoms with van der Waals surface area (Å²) >= 11 is 0. The van der Waals surface area contributed by atoms with Gasteiger partial charge in [-0.25, -0.2) is 0 Å². The lowest BCUT2D eigenvalue weighted by Gasteiger charge is -2.24. The lowest BCUT2D eigenvalue weighted by molar-refractivity contribution is -0.310. The Morgan fingerprint density at radius 3 is 1.82 bits per heavy atom. The molecule has 0 heterocycles. The summed E-state index contributed by atoms with van der Waals surface area (Å²) in [4.78, 5) is 22.2. The largest absolute Gasteiger partial charge is 0.549 e. The van der Waals surface area contributed by atoms with Crippen LogP contribution in [0.2, 0.25) is 0 Å². The predicted molar refractivity (Wildman–Crippen MR) is 59.8 cm³/mol. The Morgan fingerprint density at radius 2 is 1.47 bits per heavy atom. The molecule has 0 amide bonds. The highest BCUT2D eigenvalue weighted by Crippen LogP contribution is 2.21. The fourth-order valence-corrected chi connectivity index (χ4v) is 1.57. The molecule has 0 fully saturated rings. The second kappa shape index (κ2) is 7.27. The van der Waals surface area contributed by atoms with Crippen LogP contribution >= 0.6 is 0 Å². The van der Waals surface area contributed by atoms with E-state index in [-0.39, 0.29) is 18.5 Å². The molecule has 0 unspecified atom stereocenters. The molecule has 0 atom stereocenters. The van der Waals surface area contributed by atoms with E-state index in [0.717, 1.165) is 19.3 Å². The smallest absolute Gasteiger partial charge is 0.0555 e. The van der Waals surface area contributed by atoms with E-state index >= 15 is 0 Å². The van der Waals surface area contributed by atoms with Crippen molar-refractivity contribution in [1.82, 2.24) is 4.90 Å². The van der Waals surface area contributed by atoms with E-state index < -0.39 is 11.9 Å². The van der Waals surface area contributed by atoms with Crippen LogP contribution in [-0.2, 0) is 9.59 Å². The molecule has 5 nitrogen and oxygen atoms in total. The van der Waals surface area contributed by atoms with Crippen molar-refractivity contribution in [1.29, 1.82) is 0 Å². The average molecular weight is 243 g/mol. The van der Waals surface area contributed by atoms with Gasteiger partial charge >= 0.3 is 0 Å². The van der Waals surface area contributed by atoms with Crippen molar-refractivity contribution in [2.75, 3.05) is 19.6 Å². The maximum absolute atomic E-state index is 10.4. The number of carboxylic acids is 2. The van der Waals surface area contributed by atoms with Gasteiger partial charge in [-0.15, -0.1) is 0 Å². The monoisotopic (exact) mass is 243 g/mol. The third-order valence-corrected chi connectivity index (χ3v) is 2.36. The molecular formula is C12H21NO4-2. The molecule has 0 rings (SSSR count). The first-order chi connectivity index (χ1) is 7.70. The minimum absolute atomic E-state index is 0.244. The van der Waals surface area contributed by atoms with Gasteiger partial charge in [0.15, 0.2) is 0 Å². The topological polar surface area (TPSA) is 83.5 Å². The molecule has 17 heavy (non-hydrogen) atoms. The van der Waals surface area contributed by atoms with Gasteiger partial charge in [0.2, 0.25) is 0 Å². The Morgan fingerprint density at radius 1 is 1.00 bits per heavy atom. The Labute approximate surface area is 102 Å². The zero-order chi connectivity index (χ0) is 13.5. The summed E-state index contributed by atoms with van der Waals surface area (Å²) in [5, 5.41) is 20.8. The Hall–Kier alpha value is -1.10. The van der Waals surface area contributed by atoms with Crippen LogP contribution in [0.1, 0.15) is 40.0 Å². The maximum Gasteiger partial charge on any atom is 0.0555 e. The van der Waals surface area contributed by atoms with Crippen LogP contribution in [0.4, 0.5) is 0 Å². The van der Waals surface area contributed by atoms with Gasteiger partial charge < -0.3 is 19.8 Å². The first-order valence-corrected chi connectivity index (χ1v) is 5.83. The van der Waals surface area contributed by atoms with Crippen molar-refractivity contribution in [3.8, 4) is 0 Å². The van der Waals surface area contributed by atoms with Gasteiger partial charge in [-0.05, 0) is 24.8 Å². The Balaban J connectivity index is 3.91. The molecule has 0 aliphatic carbocycles. The minimum Gasteiger partial charge on any atom is -0.549 e. The van der Waals surface area contributed by atoms with E-state index in [0.29, 0.717) is 6.54 Å². The molecule has 100 valence electrons. The third kappa shape index (κ3) is 11.2. The normalized spacial score (nSPS) is 11.8. The van der Waals surface area contributed by atoms with Gasteiger partial charge in [-0.2, -0.15) is 0 Å². The quantitative estimate of drug-likeness (QED) is 0.511. The van der Waals surface area contributed by atoms with E-state index in [9.17, 15) is 19.8 Å². The summed E-state index contributed by atoms with van der Waals surface area (Å²) in [6.45, 7) is 6.12. The predicted octanol–water partition coefficient (Wildman–Crippen LogP) is -0.995. The van der Waals surface area contributed by atoms with E-state index in [1.54, 1.807) is 0 Å². The second-order valence-electron chi connectivity index (χ2n) is 5.47. The van der Waals surface area contributed by atoms with Gasteiger partial charge in [-0.3, -0.25) is 4.90 Å². The molecule has 0 spiro atoms. The van der Waals surface area contributed by atoms with E-state index in [2.05, 4.69) is 20.8 Å². The van der Waals surface area contributed by atoms with Gasteiger partial charge in [0.05, 0.1) is 11.9 Å². The molecule has 0 aromatic heterocycles. The van der Waals surface area contributed by atoms with Crippen molar-refractivity contribution in [3.63, 3.8) is 0 Å². The highest BCUT2D eigenvalue weighted by molar-refractivity contribution is 5.70. The Bertz CT molecular complexity index is 242. The molecule has 0 aliphatic rings. The molecule has 0 aliphatic heterocycles. The lowest BCUT2D eigenvalue weighted by Crippen LogP contribution is -2.44. The zero-order valence-electron chi connectivity index (χ0n) is 10.8. The standard InChI is InChI=1S/C12H23NO4/c1-12(2,3)6-4-5-7-13(8-10(14)15)9-11(16)17/h4-9H2,1-3H3,(H,14,15)(H,16,17)/p-2. The van der Waals surface area contributed by atoms with Crippen LogP contribution in [0.25, 0.3) is 0 Å². The summed E-state index contributed by atoms with van der Waals surface area (Å²) in [6.07, 6.45) is 2.75. The number of hydrogen-bond donors (Lipinski definition) is 0. The minimum atomic E-state index is -1.26. The van der Waals surface area contributed by atoms with Crippen molar-refractivity contribution in [2.45, 2.75) is 40.0 Å². The number of aliphatic carboxylic acids is 2. The number of carboxylic acid groups (broad SMARTS) is 2. The molecule has 5 heteroatoms. The molecule has 0 bridgehead atoms. The molecule has 0 aromatic carbocycles. The summed E-state index contributed by atoms with van der Waals surface area (Å²) in [5.74, 6) is -2.52. The zero-order valence-corrected chi connectivity index (χ0v) is 10.8. The van der Waals surface area contributed by atoms with Crippen LogP contribution in [0.15, 0.2) is 0 Å². The summed E-state index contributed by atoms with van der Waals surface area (Å²) in [5.41, 5.74) is 0.244. The first kappa shape index (κ1) is 15.9. The fraction of sp³-hybridized carbons (Fsp3) is 0.833. The van der Waals surface area contributed by atoms with Crippen molar-refractivity contribution >= 4 is 11.9 Å². The SMILES string of the molecule is CC(C)(C)CCCCN(CC(=O)[O-])CC(=O)[O-]. The van der Waals surface area contributed by atoms with E-state index in [1.165, 1.54) is 4.90 Å². The van der Waals surface area contributed by atoms with Gasteiger partial charge in [0.25, 0.3) is 0 Å². The maximum atomic E-state index is 10.4. The van der Waals surface area contributed by atoms with Gasteiger partial charge in [0, 0.05) is 13.1 Å². The van der Waals surface area contributed by atoms with Gasteiger partial charge in [-0.1, -0.05) is 27.2 Å². The number of carbonyl (C=O) groups is 2. The summed E-state index contributed by atoms with van der Waals surface area (Å²) in [7, 11) is 0. The summed E-state index contributed by atoms with van der Waals surface area (Å²) < 4.78 is 0. The lowest BCUT2D eigenvalue weighted by atomic mass is 9.90. The van der Waals surface area contributed by atoms with Crippen molar-refractivity contribution in [2.24, 2.45) is 5.41 Å². The third-order valence-electron chi connectivity index (χ3n) is 2.36. The molecular weight excluding hydrogens is 222 g/mol. The fourth-order valence-electron chi connectivity index (χ4n) is 1.57. The van der Waals surface area contributed by atoms with Crippen LogP contribution in [0.3, 0.4) is 0 Å². The number of carbonyl (C=O) groups excluding carboxylic acids is 2. The molecule has 0 saturated carbocycles. The molecule has 0 saturated heterocycles. The number of nitrogens with zero attached hydrogens (tertiary/aromatic N) is 1. The van der Waals surface area contributed by atoms with Crippen LogP contribution in [0.5, 0.6) is 0 Å². The molecule has 0 N–H and O–H groups in total. The molecule has 0 aromatic rings. The van der Waals surface area contributed by atoms with Crippen molar-refractivity contribution < 1.29 is 19.8 Å². The number of hydrogen-bond acceptors (Lipinski definition) is 5. The van der Waals surface area contributed by atoms with E-state index in [4.69, 9.17) is 0 Å². The van der Waals surface area contributed by atoms with Crippen LogP contribution in [-0.4, -0.2) is 36.5 Å².